The van der Waals surface area contributed by atoms with Gasteiger partial charge < -0.3 is 10.6 Å². The average molecular weight is 302 g/mol. The monoisotopic (exact) mass is 302 g/mol. The van der Waals surface area contributed by atoms with E-state index in [-0.39, 0.29) is 11.8 Å². The lowest BCUT2D eigenvalue weighted by atomic mass is 10.1. The Bertz CT molecular complexity index is 726. The highest BCUT2D eigenvalue weighted by atomic mass is 32.2. The minimum atomic E-state index is -0.190. The highest BCUT2D eigenvalue weighted by Gasteiger charge is 2.41. The number of thiophene rings is 1. The summed E-state index contributed by atoms with van der Waals surface area (Å²) < 4.78 is 0. The number of fused-ring (bicyclic) bond motifs is 1. The van der Waals surface area contributed by atoms with Gasteiger partial charge in [-0.05, 0) is 17.9 Å². The first kappa shape index (κ1) is 12.0. The molecule has 1 aromatic heterocycles. The van der Waals surface area contributed by atoms with Crippen molar-refractivity contribution < 1.29 is 9.59 Å². The van der Waals surface area contributed by atoms with Gasteiger partial charge in [0.05, 0.1) is 27.4 Å². The van der Waals surface area contributed by atoms with Crippen molar-refractivity contribution in [3.8, 4) is 0 Å². The highest BCUT2D eigenvalue weighted by molar-refractivity contribution is 8.03. The second-order valence-corrected chi connectivity index (χ2v) is 6.68. The van der Waals surface area contributed by atoms with Crippen molar-refractivity contribution in [2.24, 2.45) is 0 Å². The number of rotatable bonds is 2. The Morgan fingerprint density at radius 3 is 2.45 bits per heavy atom. The molecule has 0 saturated carbocycles. The van der Waals surface area contributed by atoms with E-state index in [9.17, 15) is 9.59 Å². The van der Waals surface area contributed by atoms with Gasteiger partial charge in [0.15, 0.2) is 0 Å². The van der Waals surface area contributed by atoms with Crippen LogP contribution in [0.3, 0.4) is 0 Å². The molecule has 0 spiro atoms. The molecule has 20 heavy (non-hydrogen) atoms. The van der Waals surface area contributed by atoms with Crippen LogP contribution in [0.15, 0.2) is 45.3 Å². The number of carbonyl (C=O) groups is 2. The van der Waals surface area contributed by atoms with E-state index in [1.54, 1.807) is 11.8 Å². The van der Waals surface area contributed by atoms with Gasteiger partial charge >= 0.3 is 0 Å². The number of hydrogen-bond acceptors (Lipinski definition) is 4. The van der Waals surface area contributed by atoms with E-state index in [2.05, 4.69) is 16.7 Å². The van der Waals surface area contributed by atoms with Crippen LogP contribution in [0, 0.1) is 0 Å². The molecule has 0 aliphatic carbocycles. The molecule has 0 atom stereocenters. The summed E-state index contributed by atoms with van der Waals surface area (Å²) in [6.07, 6.45) is 3.05. The maximum absolute atomic E-state index is 12.2. The Balaban J connectivity index is 1.90. The number of thioether (sulfide) groups is 1. The van der Waals surface area contributed by atoms with Crippen molar-refractivity contribution in [2.75, 3.05) is 5.75 Å². The van der Waals surface area contributed by atoms with Crippen molar-refractivity contribution in [2.45, 2.75) is 6.42 Å². The van der Waals surface area contributed by atoms with Gasteiger partial charge in [0.2, 0.25) is 0 Å². The molecule has 3 aliphatic rings. The molecule has 0 aromatic carbocycles. The van der Waals surface area contributed by atoms with Crippen LogP contribution < -0.4 is 10.6 Å². The third-order valence-electron chi connectivity index (χ3n) is 3.40. The summed E-state index contributed by atoms with van der Waals surface area (Å²) in [5.74, 6) is 0.621. The standard InChI is InChI=1S/C14H10N2O2S2/c17-13-9-10(12(16-13)8-4-2-6-20-8)14(18)15-11(9)7-3-1-5-19-7/h1,3-5H,2,6H2,(H,15,18)(H,16,17). The van der Waals surface area contributed by atoms with Gasteiger partial charge in [0, 0.05) is 10.7 Å². The molecular formula is C14H10N2O2S2. The smallest absolute Gasteiger partial charge is 0.258 e. The Morgan fingerprint density at radius 2 is 1.80 bits per heavy atom. The zero-order chi connectivity index (χ0) is 13.7. The number of hydrogen-bond donors (Lipinski definition) is 2. The van der Waals surface area contributed by atoms with E-state index in [1.807, 2.05) is 17.5 Å². The van der Waals surface area contributed by atoms with Crippen molar-refractivity contribution in [1.29, 1.82) is 0 Å². The quantitative estimate of drug-likeness (QED) is 0.878. The van der Waals surface area contributed by atoms with Gasteiger partial charge in [-0.25, -0.2) is 0 Å². The minimum absolute atomic E-state index is 0.190. The van der Waals surface area contributed by atoms with E-state index in [0.717, 1.165) is 22.0 Å². The van der Waals surface area contributed by atoms with E-state index in [1.165, 1.54) is 11.3 Å². The topological polar surface area (TPSA) is 58.2 Å². The molecule has 2 N–H and O–H groups in total. The lowest BCUT2D eigenvalue weighted by molar-refractivity contribution is -0.117. The minimum Gasteiger partial charge on any atom is -0.320 e. The fourth-order valence-corrected chi connectivity index (χ4v) is 4.28. The van der Waals surface area contributed by atoms with Crippen LogP contribution in [0.4, 0.5) is 0 Å². The fraction of sp³-hybridized carbons (Fsp3) is 0.143. The molecule has 2 amide bonds. The lowest BCUT2D eigenvalue weighted by Gasteiger charge is -2.06. The SMILES string of the molecule is O=C1NC(c2cccs2)=C2C(=O)NC(C3=CCCS3)=C12. The van der Waals surface area contributed by atoms with E-state index in [4.69, 9.17) is 0 Å². The third-order valence-corrected chi connectivity index (χ3v) is 5.41. The van der Waals surface area contributed by atoms with Gasteiger partial charge in [-0.1, -0.05) is 12.1 Å². The summed E-state index contributed by atoms with van der Waals surface area (Å²) in [7, 11) is 0. The average Bonchev–Trinajstić information content (AvgIpc) is 3.17. The summed E-state index contributed by atoms with van der Waals surface area (Å²) in [5.41, 5.74) is 2.30. The molecule has 4 nitrogen and oxygen atoms in total. The number of nitrogens with one attached hydrogen (secondary N) is 2. The molecule has 1 aromatic rings. The molecule has 0 fully saturated rings. The van der Waals surface area contributed by atoms with Crippen LogP contribution in [0.25, 0.3) is 5.70 Å². The van der Waals surface area contributed by atoms with Crippen molar-refractivity contribution >= 4 is 40.6 Å². The van der Waals surface area contributed by atoms with Crippen LogP contribution in [-0.2, 0) is 9.59 Å². The van der Waals surface area contributed by atoms with Crippen LogP contribution in [0.1, 0.15) is 11.3 Å². The van der Waals surface area contributed by atoms with E-state index in [0.29, 0.717) is 22.5 Å². The Kier molecular flexibility index (Phi) is 2.61. The fourth-order valence-electron chi connectivity index (χ4n) is 2.56. The largest absolute Gasteiger partial charge is 0.320 e. The summed E-state index contributed by atoms with van der Waals surface area (Å²) in [6.45, 7) is 0. The normalized spacial score (nSPS) is 21.3. The summed E-state index contributed by atoms with van der Waals surface area (Å²) >= 11 is 3.19. The van der Waals surface area contributed by atoms with Crippen LogP contribution in [-0.4, -0.2) is 17.6 Å². The number of amides is 2. The van der Waals surface area contributed by atoms with Crippen LogP contribution in [0.2, 0.25) is 0 Å². The molecule has 6 heteroatoms. The summed E-state index contributed by atoms with van der Waals surface area (Å²) in [4.78, 5) is 26.4. The zero-order valence-corrected chi connectivity index (χ0v) is 12.0. The third kappa shape index (κ3) is 1.61. The first-order chi connectivity index (χ1) is 9.75. The second-order valence-electron chi connectivity index (χ2n) is 4.59. The zero-order valence-electron chi connectivity index (χ0n) is 10.4. The maximum atomic E-state index is 12.2. The molecule has 100 valence electrons. The van der Waals surface area contributed by atoms with E-state index < -0.39 is 0 Å². The second kappa shape index (κ2) is 4.36. The predicted octanol–water partition coefficient (Wildman–Crippen LogP) is 1.99. The molecule has 0 saturated heterocycles. The molecule has 0 bridgehead atoms. The van der Waals surface area contributed by atoms with Gasteiger partial charge in [-0.3, -0.25) is 9.59 Å². The van der Waals surface area contributed by atoms with E-state index >= 15 is 0 Å². The maximum Gasteiger partial charge on any atom is 0.258 e. The van der Waals surface area contributed by atoms with Crippen LogP contribution in [0.5, 0.6) is 0 Å². The van der Waals surface area contributed by atoms with Crippen molar-refractivity contribution in [1.82, 2.24) is 10.6 Å². The number of carbonyl (C=O) groups excluding carboxylic acids is 2. The highest BCUT2D eigenvalue weighted by Crippen LogP contribution is 2.41. The molecule has 3 aliphatic heterocycles. The number of allylic oxidation sites excluding steroid dienone is 1. The van der Waals surface area contributed by atoms with Crippen molar-refractivity contribution in [3.63, 3.8) is 0 Å². The summed E-state index contributed by atoms with van der Waals surface area (Å²) in [6, 6.07) is 3.82. The molecule has 0 unspecified atom stereocenters. The molecule has 4 heterocycles. The van der Waals surface area contributed by atoms with Gasteiger partial charge in [0.1, 0.15) is 0 Å². The van der Waals surface area contributed by atoms with Crippen molar-refractivity contribution in [3.05, 3.63) is 50.2 Å². The summed E-state index contributed by atoms with van der Waals surface area (Å²) in [5, 5.41) is 7.63. The predicted molar refractivity (Wildman–Crippen MR) is 79.7 cm³/mol. The lowest BCUT2D eigenvalue weighted by Crippen LogP contribution is -2.21. The Hall–Kier alpha value is -1.79. The Labute approximate surface area is 123 Å². The van der Waals surface area contributed by atoms with Gasteiger partial charge in [0.25, 0.3) is 11.8 Å². The Morgan fingerprint density at radius 1 is 1.05 bits per heavy atom. The van der Waals surface area contributed by atoms with Crippen LogP contribution >= 0.6 is 23.1 Å². The first-order valence-electron chi connectivity index (χ1n) is 6.24. The molecule has 0 radical (unpaired) electrons. The molecular weight excluding hydrogens is 292 g/mol. The molecule has 4 rings (SSSR count). The van der Waals surface area contributed by atoms with Gasteiger partial charge in [-0.2, -0.15) is 0 Å². The van der Waals surface area contributed by atoms with Gasteiger partial charge in [-0.15, -0.1) is 23.1 Å². The first-order valence-corrected chi connectivity index (χ1v) is 8.11.